The third-order valence-electron chi connectivity index (χ3n) is 5.69. The molecule has 23 heavy (non-hydrogen) atoms. The van der Waals surface area contributed by atoms with Gasteiger partial charge in [0.05, 0.1) is 13.0 Å². The number of hydrogen-bond donors (Lipinski definition) is 0. The van der Waals surface area contributed by atoms with E-state index in [1.165, 1.54) is 49.7 Å². The van der Waals surface area contributed by atoms with E-state index in [-0.39, 0.29) is 5.91 Å². The van der Waals surface area contributed by atoms with Gasteiger partial charge in [-0.3, -0.25) is 4.79 Å². The quantitative estimate of drug-likeness (QED) is 0.831. The zero-order chi connectivity index (χ0) is 16.2. The summed E-state index contributed by atoms with van der Waals surface area (Å²) in [7, 11) is 0. The van der Waals surface area contributed by atoms with Gasteiger partial charge in [0.1, 0.15) is 5.75 Å². The topological polar surface area (TPSA) is 29.5 Å². The number of benzene rings is 1. The molecule has 3 rings (SSSR count). The Kier molecular flexibility index (Phi) is 5.24. The average Bonchev–Trinajstić information content (AvgIpc) is 2.58. The standard InChI is InChI=1S/C20H29NO2/c1-15-7-5-11-19(16(15)2)23-14-12-20(22)21-13-6-9-17-8-3-4-10-18(17)21/h5,7,11,17-18H,3-4,6,8-10,12-14H2,1-2H3. The van der Waals surface area contributed by atoms with Gasteiger partial charge < -0.3 is 9.64 Å². The minimum atomic E-state index is 0.284. The summed E-state index contributed by atoms with van der Waals surface area (Å²) in [5.74, 6) is 1.94. The summed E-state index contributed by atoms with van der Waals surface area (Å²) in [5.41, 5.74) is 2.40. The lowest BCUT2D eigenvalue weighted by Gasteiger charge is -2.44. The molecule has 1 saturated heterocycles. The molecule has 0 aromatic heterocycles. The van der Waals surface area contributed by atoms with Crippen LogP contribution in [-0.2, 0) is 4.79 Å². The molecule has 1 aliphatic carbocycles. The summed E-state index contributed by atoms with van der Waals surface area (Å²) < 4.78 is 5.87. The molecule has 126 valence electrons. The van der Waals surface area contributed by atoms with E-state index < -0.39 is 0 Å². The molecular formula is C20H29NO2. The molecule has 3 nitrogen and oxygen atoms in total. The lowest BCUT2D eigenvalue weighted by Crippen LogP contribution is -2.49. The molecule has 0 spiro atoms. The Morgan fingerprint density at radius 1 is 1.17 bits per heavy atom. The lowest BCUT2D eigenvalue weighted by molar-refractivity contribution is -0.138. The first kappa shape index (κ1) is 16.4. The SMILES string of the molecule is Cc1cccc(OCCC(=O)N2CCCC3CCCCC32)c1C. The monoisotopic (exact) mass is 315 g/mol. The molecule has 0 bridgehead atoms. The maximum Gasteiger partial charge on any atom is 0.226 e. The van der Waals surface area contributed by atoms with Crippen LogP contribution in [0, 0.1) is 19.8 Å². The first-order valence-electron chi connectivity index (χ1n) is 9.15. The van der Waals surface area contributed by atoms with E-state index in [0.29, 0.717) is 19.1 Å². The molecule has 1 saturated carbocycles. The number of rotatable bonds is 4. The van der Waals surface area contributed by atoms with Crippen molar-refractivity contribution in [2.75, 3.05) is 13.2 Å². The van der Waals surface area contributed by atoms with Crippen LogP contribution in [0.3, 0.4) is 0 Å². The van der Waals surface area contributed by atoms with Crippen molar-refractivity contribution in [1.82, 2.24) is 4.90 Å². The number of carbonyl (C=O) groups is 1. The number of aryl methyl sites for hydroxylation is 1. The second-order valence-corrected chi connectivity index (χ2v) is 7.14. The van der Waals surface area contributed by atoms with Crippen molar-refractivity contribution in [2.45, 2.75) is 64.8 Å². The molecule has 1 heterocycles. The zero-order valence-corrected chi connectivity index (χ0v) is 14.5. The fourth-order valence-electron chi connectivity index (χ4n) is 4.21. The van der Waals surface area contributed by atoms with Gasteiger partial charge in [-0.25, -0.2) is 0 Å². The maximum absolute atomic E-state index is 12.6. The predicted molar refractivity (Wildman–Crippen MR) is 92.7 cm³/mol. The van der Waals surface area contributed by atoms with Crippen LogP contribution in [-0.4, -0.2) is 30.0 Å². The summed E-state index contributed by atoms with van der Waals surface area (Å²) in [6.07, 6.45) is 8.12. The maximum atomic E-state index is 12.6. The van der Waals surface area contributed by atoms with Gasteiger partial charge in [-0.15, -0.1) is 0 Å². The molecule has 2 fully saturated rings. The van der Waals surface area contributed by atoms with E-state index >= 15 is 0 Å². The third-order valence-corrected chi connectivity index (χ3v) is 5.69. The largest absolute Gasteiger partial charge is 0.493 e. The van der Waals surface area contributed by atoms with E-state index in [0.717, 1.165) is 18.2 Å². The highest BCUT2D eigenvalue weighted by atomic mass is 16.5. The fraction of sp³-hybridized carbons (Fsp3) is 0.650. The molecule has 3 heteroatoms. The van der Waals surface area contributed by atoms with Crippen molar-refractivity contribution in [3.05, 3.63) is 29.3 Å². The van der Waals surface area contributed by atoms with Crippen LogP contribution in [0.5, 0.6) is 5.75 Å². The molecule has 1 aliphatic heterocycles. The molecule has 1 aromatic rings. The zero-order valence-electron chi connectivity index (χ0n) is 14.5. The van der Waals surface area contributed by atoms with E-state index in [2.05, 4.69) is 24.8 Å². The van der Waals surface area contributed by atoms with Crippen LogP contribution in [0.25, 0.3) is 0 Å². The van der Waals surface area contributed by atoms with Gasteiger partial charge in [0.15, 0.2) is 0 Å². The molecule has 1 aromatic carbocycles. The Labute approximate surface area is 140 Å². The summed E-state index contributed by atoms with van der Waals surface area (Å²) >= 11 is 0. The van der Waals surface area contributed by atoms with Crippen molar-refractivity contribution in [1.29, 1.82) is 0 Å². The molecule has 0 N–H and O–H groups in total. The first-order valence-corrected chi connectivity index (χ1v) is 9.15. The van der Waals surface area contributed by atoms with Gasteiger partial charge in [-0.05, 0) is 62.6 Å². The Balaban J connectivity index is 1.53. The number of carbonyl (C=O) groups excluding carboxylic acids is 1. The van der Waals surface area contributed by atoms with Crippen molar-refractivity contribution in [3.8, 4) is 5.75 Å². The van der Waals surface area contributed by atoms with Crippen LogP contribution in [0.1, 0.15) is 56.1 Å². The van der Waals surface area contributed by atoms with Gasteiger partial charge in [0.25, 0.3) is 0 Å². The van der Waals surface area contributed by atoms with Gasteiger partial charge in [0.2, 0.25) is 5.91 Å². The normalized spacial score (nSPS) is 24.2. The van der Waals surface area contributed by atoms with Crippen LogP contribution in [0.4, 0.5) is 0 Å². The van der Waals surface area contributed by atoms with E-state index in [4.69, 9.17) is 4.74 Å². The van der Waals surface area contributed by atoms with Gasteiger partial charge >= 0.3 is 0 Å². The Morgan fingerprint density at radius 2 is 1.96 bits per heavy atom. The number of piperidine rings is 1. The number of hydrogen-bond acceptors (Lipinski definition) is 2. The Hall–Kier alpha value is -1.51. The number of fused-ring (bicyclic) bond motifs is 1. The van der Waals surface area contributed by atoms with Gasteiger partial charge in [-0.2, -0.15) is 0 Å². The Bertz CT molecular complexity index is 553. The summed E-state index contributed by atoms with van der Waals surface area (Å²) in [6.45, 7) is 5.59. The minimum absolute atomic E-state index is 0.284. The van der Waals surface area contributed by atoms with Crippen molar-refractivity contribution in [2.24, 2.45) is 5.92 Å². The number of likely N-dealkylation sites (tertiary alicyclic amines) is 1. The average molecular weight is 315 g/mol. The molecule has 2 aliphatic rings. The highest BCUT2D eigenvalue weighted by Gasteiger charge is 2.35. The molecule has 2 atom stereocenters. The fourth-order valence-corrected chi connectivity index (χ4v) is 4.21. The second kappa shape index (κ2) is 7.37. The highest BCUT2D eigenvalue weighted by molar-refractivity contribution is 5.76. The second-order valence-electron chi connectivity index (χ2n) is 7.14. The number of amides is 1. The Morgan fingerprint density at radius 3 is 2.83 bits per heavy atom. The van der Waals surface area contributed by atoms with Crippen LogP contribution < -0.4 is 4.74 Å². The third kappa shape index (κ3) is 3.70. The van der Waals surface area contributed by atoms with Crippen LogP contribution in [0.2, 0.25) is 0 Å². The first-order chi connectivity index (χ1) is 11.2. The van der Waals surface area contributed by atoms with Gasteiger partial charge in [-0.1, -0.05) is 25.0 Å². The van der Waals surface area contributed by atoms with Crippen molar-refractivity contribution < 1.29 is 9.53 Å². The molecule has 1 amide bonds. The minimum Gasteiger partial charge on any atom is -0.493 e. The predicted octanol–water partition coefficient (Wildman–Crippen LogP) is 4.25. The smallest absolute Gasteiger partial charge is 0.226 e. The highest BCUT2D eigenvalue weighted by Crippen LogP contribution is 2.35. The van der Waals surface area contributed by atoms with Crippen LogP contribution >= 0.6 is 0 Å². The molecule has 0 radical (unpaired) electrons. The molecular weight excluding hydrogens is 286 g/mol. The van der Waals surface area contributed by atoms with E-state index in [9.17, 15) is 4.79 Å². The van der Waals surface area contributed by atoms with Crippen molar-refractivity contribution in [3.63, 3.8) is 0 Å². The number of ether oxygens (including phenoxy) is 1. The van der Waals surface area contributed by atoms with Gasteiger partial charge in [0, 0.05) is 12.6 Å². The number of nitrogens with zero attached hydrogens (tertiary/aromatic N) is 1. The van der Waals surface area contributed by atoms with E-state index in [1.807, 2.05) is 12.1 Å². The van der Waals surface area contributed by atoms with Crippen LogP contribution in [0.15, 0.2) is 18.2 Å². The summed E-state index contributed by atoms with van der Waals surface area (Å²) in [6, 6.07) is 6.59. The van der Waals surface area contributed by atoms with E-state index in [1.54, 1.807) is 0 Å². The molecule has 2 unspecified atom stereocenters. The summed E-state index contributed by atoms with van der Waals surface area (Å²) in [5, 5.41) is 0. The summed E-state index contributed by atoms with van der Waals surface area (Å²) in [4.78, 5) is 14.8. The van der Waals surface area contributed by atoms with Crippen molar-refractivity contribution >= 4 is 5.91 Å². The lowest BCUT2D eigenvalue weighted by atomic mass is 9.78.